The molecular formula is C28H28FN3O4. The molecule has 0 spiro atoms. The second kappa shape index (κ2) is 12.5. The van der Waals surface area contributed by atoms with Crippen LogP contribution < -0.4 is 20.2 Å². The highest BCUT2D eigenvalue weighted by Crippen LogP contribution is 2.25. The van der Waals surface area contributed by atoms with Gasteiger partial charge in [-0.2, -0.15) is 5.10 Å². The number of hydrogen-bond acceptors (Lipinski definition) is 5. The lowest BCUT2D eigenvalue weighted by Crippen LogP contribution is -2.37. The van der Waals surface area contributed by atoms with Crippen molar-refractivity contribution in [2.24, 2.45) is 5.10 Å². The summed E-state index contributed by atoms with van der Waals surface area (Å²) in [4.78, 5) is 24.0. The molecule has 7 nitrogen and oxygen atoms in total. The Balaban J connectivity index is 1.13. The molecule has 3 aromatic carbocycles. The van der Waals surface area contributed by atoms with Gasteiger partial charge in [0.05, 0.1) is 12.8 Å². The molecule has 0 saturated carbocycles. The predicted octanol–water partition coefficient (Wildman–Crippen LogP) is 3.93. The molecule has 0 atom stereocenters. The average Bonchev–Trinajstić information content (AvgIpc) is 2.91. The lowest BCUT2D eigenvalue weighted by molar-refractivity contribution is -0.127. The van der Waals surface area contributed by atoms with Crippen molar-refractivity contribution in [3.63, 3.8) is 0 Å². The summed E-state index contributed by atoms with van der Waals surface area (Å²) in [6.07, 6.45) is 6.00. The first kappa shape index (κ1) is 24.9. The Hall–Kier alpha value is -4.20. The number of nitrogens with one attached hydrogen (secondary N) is 2. The van der Waals surface area contributed by atoms with E-state index in [0.717, 1.165) is 24.0 Å². The fourth-order valence-corrected chi connectivity index (χ4v) is 3.79. The number of benzene rings is 3. The first-order chi connectivity index (χ1) is 17.5. The van der Waals surface area contributed by atoms with Crippen LogP contribution >= 0.6 is 0 Å². The maximum absolute atomic E-state index is 13.0. The number of halogens is 1. The summed E-state index contributed by atoms with van der Waals surface area (Å²) in [7, 11) is 0. The molecule has 2 N–H and O–H groups in total. The summed E-state index contributed by atoms with van der Waals surface area (Å²) in [5.41, 5.74) is 6.62. The number of hydrogen-bond donors (Lipinski definition) is 2. The van der Waals surface area contributed by atoms with E-state index < -0.39 is 5.91 Å². The van der Waals surface area contributed by atoms with Crippen LogP contribution in [0.25, 0.3) is 0 Å². The van der Waals surface area contributed by atoms with Crippen LogP contribution in [-0.4, -0.2) is 31.2 Å². The van der Waals surface area contributed by atoms with Crippen molar-refractivity contribution < 1.29 is 23.5 Å². The van der Waals surface area contributed by atoms with Crippen LogP contribution in [0.15, 0.2) is 71.8 Å². The van der Waals surface area contributed by atoms with Crippen LogP contribution in [0.3, 0.4) is 0 Å². The van der Waals surface area contributed by atoms with Gasteiger partial charge >= 0.3 is 0 Å². The van der Waals surface area contributed by atoms with Crippen molar-refractivity contribution in [3.05, 3.63) is 94.8 Å². The van der Waals surface area contributed by atoms with Gasteiger partial charge in [-0.1, -0.05) is 18.2 Å². The summed E-state index contributed by atoms with van der Waals surface area (Å²) in [6.45, 7) is -0.0430. The van der Waals surface area contributed by atoms with Crippen LogP contribution in [-0.2, 0) is 29.0 Å². The largest absolute Gasteiger partial charge is 0.489 e. The summed E-state index contributed by atoms with van der Waals surface area (Å²) < 4.78 is 24.2. The van der Waals surface area contributed by atoms with Gasteiger partial charge in [0, 0.05) is 0 Å². The monoisotopic (exact) mass is 489 g/mol. The van der Waals surface area contributed by atoms with E-state index in [1.54, 1.807) is 36.4 Å². The third-order valence-corrected chi connectivity index (χ3v) is 5.74. The second-order valence-electron chi connectivity index (χ2n) is 8.48. The molecule has 2 amide bonds. The van der Waals surface area contributed by atoms with Crippen molar-refractivity contribution in [2.45, 2.75) is 32.3 Å². The lowest BCUT2D eigenvalue weighted by atomic mass is 9.92. The van der Waals surface area contributed by atoms with Crippen LogP contribution in [0.1, 0.15) is 35.1 Å². The van der Waals surface area contributed by atoms with Gasteiger partial charge in [0.25, 0.3) is 11.8 Å². The minimum atomic E-state index is -0.451. The Morgan fingerprint density at radius 1 is 0.861 bits per heavy atom. The molecule has 36 heavy (non-hydrogen) atoms. The summed E-state index contributed by atoms with van der Waals surface area (Å²) >= 11 is 0. The molecule has 8 heteroatoms. The predicted molar refractivity (Wildman–Crippen MR) is 134 cm³/mol. The maximum Gasteiger partial charge on any atom is 0.259 e. The van der Waals surface area contributed by atoms with E-state index in [2.05, 4.69) is 21.9 Å². The van der Waals surface area contributed by atoms with Crippen molar-refractivity contribution in [1.29, 1.82) is 0 Å². The Bertz CT molecular complexity index is 1210. The third kappa shape index (κ3) is 7.66. The minimum Gasteiger partial charge on any atom is -0.489 e. The second-order valence-corrected chi connectivity index (χ2v) is 8.48. The standard InChI is InChI=1S/C28H28FN3O4/c29-24-10-5-21(6-11-24)18-35-25-12-7-20(8-13-25)16-31-32-27(33)17-30-28(34)19-36-26-14-9-22-3-1-2-4-23(22)15-26/h5-16H,1-4,17-19H2,(H,30,34)(H,32,33)/b31-16-. The number of amides is 2. The molecule has 0 fully saturated rings. The molecule has 0 unspecified atom stereocenters. The fraction of sp³-hybridized carbons (Fsp3) is 0.250. The first-order valence-corrected chi connectivity index (χ1v) is 11.9. The smallest absolute Gasteiger partial charge is 0.259 e. The number of carbonyl (C=O) groups excluding carboxylic acids is 2. The highest BCUT2D eigenvalue weighted by Gasteiger charge is 2.11. The van der Waals surface area contributed by atoms with E-state index in [-0.39, 0.29) is 24.9 Å². The number of ether oxygens (including phenoxy) is 2. The number of aryl methyl sites for hydroxylation is 2. The zero-order valence-electron chi connectivity index (χ0n) is 19.8. The van der Waals surface area contributed by atoms with Gasteiger partial charge in [-0.3, -0.25) is 9.59 Å². The van der Waals surface area contributed by atoms with E-state index in [1.807, 2.05) is 12.1 Å². The molecular weight excluding hydrogens is 461 g/mol. The van der Waals surface area contributed by atoms with Gasteiger partial charge in [-0.25, -0.2) is 9.82 Å². The van der Waals surface area contributed by atoms with E-state index in [0.29, 0.717) is 18.1 Å². The first-order valence-electron chi connectivity index (χ1n) is 11.9. The molecule has 0 saturated heterocycles. The molecule has 186 valence electrons. The number of hydrazone groups is 1. The molecule has 0 radical (unpaired) electrons. The minimum absolute atomic E-state index is 0.162. The molecule has 1 aliphatic carbocycles. The highest BCUT2D eigenvalue weighted by atomic mass is 19.1. The average molecular weight is 490 g/mol. The topological polar surface area (TPSA) is 89.0 Å². The number of nitrogens with zero attached hydrogens (tertiary/aromatic N) is 1. The molecule has 0 aliphatic heterocycles. The molecule has 0 heterocycles. The van der Waals surface area contributed by atoms with Crippen molar-refractivity contribution >= 4 is 18.0 Å². The normalized spacial score (nSPS) is 12.6. The van der Waals surface area contributed by atoms with E-state index in [9.17, 15) is 14.0 Å². The van der Waals surface area contributed by atoms with E-state index in [1.165, 1.54) is 42.3 Å². The summed E-state index contributed by atoms with van der Waals surface area (Å²) in [5.74, 6) is 0.190. The van der Waals surface area contributed by atoms with Gasteiger partial charge in [0.1, 0.15) is 23.9 Å². The molecule has 3 aromatic rings. The third-order valence-electron chi connectivity index (χ3n) is 5.74. The number of rotatable bonds is 10. The van der Waals surface area contributed by atoms with Crippen LogP contribution in [0.2, 0.25) is 0 Å². The van der Waals surface area contributed by atoms with Crippen LogP contribution in [0, 0.1) is 5.82 Å². The quantitative estimate of drug-likeness (QED) is 0.334. The molecule has 1 aliphatic rings. The van der Waals surface area contributed by atoms with Crippen molar-refractivity contribution in [1.82, 2.24) is 10.7 Å². The summed E-state index contributed by atoms with van der Waals surface area (Å²) in [5, 5.41) is 6.42. The number of carbonyl (C=O) groups is 2. The summed E-state index contributed by atoms with van der Waals surface area (Å²) in [6, 6.07) is 19.2. The highest BCUT2D eigenvalue weighted by molar-refractivity contribution is 5.86. The number of fused-ring (bicyclic) bond motifs is 1. The van der Waals surface area contributed by atoms with Gasteiger partial charge in [-0.05, 0) is 96.5 Å². The zero-order chi connectivity index (χ0) is 25.2. The van der Waals surface area contributed by atoms with Gasteiger partial charge in [-0.15, -0.1) is 0 Å². The Kier molecular flexibility index (Phi) is 8.64. The van der Waals surface area contributed by atoms with Gasteiger partial charge in [0.15, 0.2) is 6.61 Å². The van der Waals surface area contributed by atoms with Crippen molar-refractivity contribution in [2.75, 3.05) is 13.2 Å². The Morgan fingerprint density at radius 2 is 1.58 bits per heavy atom. The van der Waals surface area contributed by atoms with E-state index in [4.69, 9.17) is 9.47 Å². The van der Waals surface area contributed by atoms with Gasteiger partial charge < -0.3 is 14.8 Å². The van der Waals surface area contributed by atoms with E-state index >= 15 is 0 Å². The maximum atomic E-state index is 13.0. The Labute approximate surface area is 209 Å². The van der Waals surface area contributed by atoms with Crippen LogP contribution in [0.4, 0.5) is 4.39 Å². The van der Waals surface area contributed by atoms with Crippen molar-refractivity contribution in [3.8, 4) is 11.5 Å². The fourth-order valence-electron chi connectivity index (χ4n) is 3.79. The van der Waals surface area contributed by atoms with Crippen LogP contribution in [0.5, 0.6) is 11.5 Å². The van der Waals surface area contributed by atoms with Gasteiger partial charge in [0.2, 0.25) is 0 Å². The SMILES string of the molecule is O=C(COc1ccc2c(c1)CCCC2)NCC(=O)N/N=C\c1ccc(OCc2ccc(F)cc2)cc1. The molecule has 0 aromatic heterocycles. The Morgan fingerprint density at radius 3 is 2.36 bits per heavy atom. The molecule has 0 bridgehead atoms. The zero-order valence-corrected chi connectivity index (χ0v) is 19.8. The lowest BCUT2D eigenvalue weighted by Gasteiger charge is -2.16. The molecule has 4 rings (SSSR count).